The van der Waals surface area contributed by atoms with Gasteiger partial charge in [0.25, 0.3) is 5.91 Å². The summed E-state index contributed by atoms with van der Waals surface area (Å²) in [5.41, 5.74) is 3.47. The van der Waals surface area contributed by atoms with E-state index >= 15 is 0 Å². The topological polar surface area (TPSA) is 84.4 Å². The molecule has 41 heavy (non-hydrogen) atoms. The number of anilines is 1. The number of benzene rings is 2. The van der Waals surface area contributed by atoms with E-state index in [0.29, 0.717) is 33.3 Å². The Balaban J connectivity index is 1.75. The number of aromatic nitrogens is 2. The Hall–Kier alpha value is -3.95. The molecule has 0 saturated heterocycles. The van der Waals surface area contributed by atoms with Gasteiger partial charge in [-0.2, -0.15) is 0 Å². The third-order valence-corrected chi connectivity index (χ3v) is 7.76. The number of hydrogen-bond donors (Lipinski definition) is 1. The Bertz CT molecular complexity index is 1480. The van der Waals surface area contributed by atoms with Gasteiger partial charge in [0.1, 0.15) is 21.7 Å². The van der Waals surface area contributed by atoms with E-state index in [-0.39, 0.29) is 36.2 Å². The van der Waals surface area contributed by atoms with Gasteiger partial charge in [-0.3, -0.25) is 19.5 Å². The molecular formula is C32H35FN4O3S. The Morgan fingerprint density at radius 2 is 1.85 bits per heavy atom. The molecule has 2 amide bonds. The molecule has 9 heteroatoms. The Morgan fingerprint density at radius 1 is 1.10 bits per heavy atom. The molecule has 0 radical (unpaired) electrons. The summed E-state index contributed by atoms with van der Waals surface area (Å²) in [6, 6.07) is 16.5. The average Bonchev–Trinajstić information content (AvgIpc) is 3.31. The van der Waals surface area contributed by atoms with Crippen LogP contribution in [0.25, 0.3) is 0 Å². The van der Waals surface area contributed by atoms with Crippen LogP contribution < -0.4 is 10.2 Å². The van der Waals surface area contributed by atoms with Crippen molar-refractivity contribution in [3.63, 3.8) is 0 Å². The highest BCUT2D eigenvalue weighted by Gasteiger charge is 2.35. The average molecular weight is 575 g/mol. The summed E-state index contributed by atoms with van der Waals surface area (Å²) >= 11 is 1.25. The highest BCUT2D eigenvalue weighted by atomic mass is 32.1. The van der Waals surface area contributed by atoms with Crippen molar-refractivity contribution in [2.24, 2.45) is 0 Å². The second-order valence-electron chi connectivity index (χ2n) is 10.8. The normalized spacial score (nSPS) is 12.1. The van der Waals surface area contributed by atoms with Gasteiger partial charge in [-0.1, -0.05) is 51.1 Å². The summed E-state index contributed by atoms with van der Waals surface area (Å²) in [5, 5.41) is 3.64. The van der Waals surface area contributed by atoms with E-state index in [1.807, 2.05) is 30.3 Å². The number of nitrogens with zero attached hydrogens (tertiary/aromatic N) is 3. The smallest absolute Gasteiger partial charge is 0.271 e. The standard InChI is InChI=1S/C32H35FN4O3S/c1-21-29(41-27(36-21)20-40-5)31(39)37(26-13-11-24(12-14-26)32(2,3)4)28(23-9-7-16-34-19-23)30(38)35-17-15-22-8-6-10-25(33)18-22/h6-14,16,18-19,28H,15,17,20H2,1-5H3,(H,35,38). The van der Waals surface area contributed by atoms with Crippen molar-refractivity contribution < 1.29 is 18.7 Å². The van der Waals surface area contributed by atoms with Crippen molar-refractivity contribution in [1.82, 2.24) is 15.3 Å². The van der Waals surface area contributed by atoms with Crippen molar-refractivity contribution in [1.29, 1.82) is 0 Å². The molecule has 0 aliphatic rings. The molecule has 1 N–H and O–H groups in total. The van der Waals surface area contributed by atoms with Gasteiger partial charge in [0, 0.05) is 37.3 Å². The monoisotopic (exact) mass is 574 g/mol. The van der Waals surface area contributed by atoms with Gasteiger partial charge in [0.15, 0.2) is 0 Å². The molecule has 4 rings (SSSR count). The first-order chi connectivity index (χ1) is 19.6. The van der Waals surface area contributed by atoms with Crippen molar-refractivity contribution >= 4 is 28.8 Å². The van der Waals surface area contributed by atoms with E-state index in [9.17, 15) is 14.0 Å². The van der Waals surface area contributed by atoms with Gasteiger partial charge < -0.3 is 10.1 Å². The molecule has 0 aliphatic carbocycles. The molecule has 0 saturated carbocycles. The molecule has 0 aliphatic heterocycles. The number of aryl methyl sites for hydroxylation is 1. The Labute approximate surface area is 244 Å². The lowest BCUT2D eigenvalue weighted by molar-refractivity contribution is -0.122. The first-order valence-corrected chi connectivity index (χ1v) is 14.2. The van der Waals surface area contributed by atoms with Gasteiger partial charge in [-0.15, -0.1) is 11.3 Å². The molecule has 0 spiro atoms. The lowest BCUT2D eigenvalue weighted by Crippen LogP contribution is -2.44. The van der Waals surface area contributed by atoms with Crippen LogP contribution in [0.15, 0.2) is 73.1 Å². The molecule has 7 nitrogen and oxygen atoms in total. The molecule has 2 aromatic carbocycles. The van der Waals surface area contributed by atoms with E-state index < -0.39 is 6.04 Å². The summed E-state index contributed by atoms with van der Waals surface area (Å²) in [6.45, 7) is 8.68. The maximum Gasteiger partial charge on any atom is 0.271 e. The fourth-order valence-electron chi connectivity index (χ4n) is 4.53. The summed E-state index contributed by atoms with van der Waals surface area (Å²) in [7, 11) is 1.58. The van der Waals surface area contributed by atoms with Crippen LogP contribution >= 0.6 is 11.3 Å². The molecule has 0 bridgehead atoms. The van der Waals surface area contributed by atoms with E-state index in [4.69, 9.17) is 4.74 Å². The number of thiazole rings is 1. The minimum atomic E-state index is -1.02. The van der Waals surface area contributed by atoms with E-state index in [1.54, 1.807) is 44.6 Å². The zero-order valence-electron chi connectivity index (χ0n) is 24.0. The van der Waals surface area contributed by atoms with Crippen LogP contribution in [0.3, 0.4) is 0 Å². The van der Waals surface area contributed by atoms with Crippen molar-refractivity contribution in [3.8, 4) is 0 Å². The molecule has 1 atom stereocenters. The van der Waals surface area contributed by atoms with Crippen molar-refractivity contribution in [2.45, 2.75) is 52.2 Å². The number of halogens is 1. The number of methoxy groups -OCH3 is 1. The highest BCUT2D eigenvalue weighted by Crippen LogP contribution is 2.33. The van der Waals surface area contributed by atoms with Crippen LogP contribution in [0.1, 0.15) is 63.9 Å². The largest absolute Gasteiger partial charge is 0.378 e. The molecule has 2 heterocycles. The predicted molar refractivity (Wildman–Crippen MR) is 160 cm³/mol. The summed E-state index contributed by atoms with van der Waals surface area (Å²) < 4.78 is 18.9. The minimum Gasteiger partial charge on any atom is -0.378 e. The second kappa shape index (κ2) is 13.1. The van der Waals surface area contributed by atoms with Crippen LogP contribution in [0.2, 0.25) is 0 Å². The maximum atomic E-state index is 14.3. The number of nitrogens with one attached hydrogen (secondary N) is 1. The molecule has 1 unspecified atom stereocenters. The van der Waals surface area contributed by atoms with Crippen molar-refractivity contribution in [2.75, 3.05) is 18.6 Å². The zero-order chi connectivity index (χ0) is 29.6. The number of rotatable bonds is 10. The summed E-state index contributed by atoms with van der Waals surface area (Å²) in [4.78, 5) is 39.0. The maximum absolute atomic E-state index is 14.3. The summed E-state index contributed by atoms with van der Waals surface area (Å²) in [5.74, 6) is -1.05. The number of carbonyl (C=O) groups is 2. The second-order valence-corrected chi connectivity index (χ2v) is 11.9. The lowest BCUT2D eigenvalue weighted by Gasteiger charge is -2.31. The van der Waals surface area contributed by atoms with Crippen molar-refractivity contribution in [3.05, 3.63) is 111 Å². The van der Waals surface area contributed by atoms with Crippen LogP contribution in [0.5, 0.6) is 0 Å². The summed E-state index contributed by atoms with van der Waals surface area (Å²) in [6.07, 6.45) is 3.65. The third kappa shape index (κ3) is 7.42. The first kappa shape index (κ1) is 30.0. The van der Waals surface area contributed by atoms with Gasteiger partial charge >= 0.3 is 0 Å². The van der Waals surface area contributed by atoms with Gasteiger partial charge in [0.2, 0.25) is 5.91 Å². The van der Waals surface area contributed by atoms with E-state index in [0.717, 1.165) is 11.1 Å². The van der Waals surface area contributed by atoms with E-state index in [2.05, 4.69) is 36.1 Å². The number of ether oxygens (including phenoxy) is 1. The molecular weight excluding hydrogens is 539 g/mol. The quantitative estimate of drug-likeness (QED) is 0.245. The predicted octanol–water partition coefficient (Wildman–Crippen LogP) is 6.18. The van der Waals surface area contributed by atoms with Gasteiger partial charge in [0.05, 0.1) is 12.3 Å². The lowest BCUT2D eigenvalue weighted by atomic mass is 9.87. The molecule has 214 valence electrons. The van der Waals surface area contributed by atoms with Gasteiger partial charge in [-0.25, -0.2) is 9.37 Å². The number of carbonyl (C=O) groups excluding carboxylic acids is 2. The van der Waals surface area contributed by atoms with Crippen LogP contribution in [0.4, 0.5) is 10.1 Å². The first-order valence-electron chi connectivity index (χ1n) is 13.4. The fourth-order valence-corrected chi connectivity index (χ4v) is 5.50. The molecule has 2 aromatic heterocycles. The van der Waals surface area contributed by atoms with Gasteiger partial charge in [-0.05, 0) is 60.2 Å². The Kier molecular flexibility index (Phi) is 9.62. The third-order valence-electron chi connectivity index (χ3n) is 6.64. The minimum absolute atomic E-state index is 0.0896. The fraction of sp³-hybridized carbons (Fsp3) is 0.312. The van der Waals surface area contributed by atoms with Crippen LogP contribution in [-0.2, 0) is 28.0 Å². The molecule has 0 fully saturated rings. The highest BCUT2D eigenvalue weighted by molar-refractivity contribution is 7.13. The zero-order valence-corrected chi connectivity index (χ0v) is 24.8. The number of hydrogen-bond acceptors (Lipinski definition) is 6. The number of pyridine rings is 1. The van der Waals surface area contributed by atoms with E-state index in [1.165, 1.54) is 28.4 Å². The number of amides is 2. The Morgan fingerprint density at radius 3 is 2.49 bits per heavy atom. The molecule has 4 aromatic rings. The van der Waals surface area contributed by atoms with Crippen LogP contribution in [-0.4, -0.2) is 35.4 Å². The SMILES string of the molecule is COCc1nc(C)c(C(=O)N(c2ccc(C(C)(C)C)cc2)C(C(=O)NCCc2cccc(F)c2)c2cccnc2)s1. The van der Waals surface area contributed by atoms with Crippen LogP contribution in [0, 0.1) is 12.7 Å².